The summed E-state index contributed by atoms with van der Waals surface area (Å²) in [5.74, 6) is 0.673. The maximum Gasteiger partial charge on any atom is 0.244 e. The highest BCUT2D eigenvalue weighted by Gasteiger charge is 2.14. The van der Waals surface area contributed by atoms with E-state index in [1.807, 2.05) is 0 Å². The zero-order valence-electron chi connectivity index (χ0n) is 8.56. The maximum atomic E-state index is 11.5. The van der Waals surface area contributed by atoms with E-state index in [4.69, 9.17) is 0 Å². The van der Waals surface area contributed by atoms with E-state index in [-0.39, 0.29) is 11.9 Å². The lowest BCUT2D eigenvalue weighted by Gasteiger charge is -2.17. The number of carbonyl (C=O) groups is 1. The predicted molar refractivity (Wildman–Crippen MR) is 53.8 cm³/mol. The molecule has 0 aliphatic carbocycles. The van der Waals surface area contributed by atoms with Crippen molar-refractivity contribution in [3.63, 3.8) is 0 Å². The normalized spacial score (nSPS) is 11.9. The lowest BCUT2D eigenvalue weighted by molar-refractivity contribution is -0.129. The molecule has 76 valence electrons. The summed E-state index contributed by atoms with van der Waals surface area (Å²) in [6.45, 7) is 1.80. The monoisotopic (exact) mass is 194 g/mol. The molecule has 0 aliphatic rings. The minimum atomic E-state index is -0.278. The van der Waals surface area contributed by atoms with Crippen LogP contribution in [-0.4, -0.2) is 40.9 Å². The van der Waals surface area contributed by atoms with Gasteiger partial charge < -0.3 is 10.2 Å². The number of likely N-dealkylation sites (N-methyl/N-ethyl adjacent to an activating group) is 1. The van der Waals surface area contributed by atoms with E-state index in [1.54, 1.807) is 38.2 Å². The number of amides is 1. The van der Waals surface area contributed by atoms with Crippen LogP contribution in [0.25, 0.3) is 0 Å². The highest BCUT2D eigenvalue weighted by atomic mass is 16.2. The van der Waals surface area contributed by atoms with Gasteiger partial charge in [0.25, 0.3) is 0 Å². The third kappa shape index (κ3) is 2.69. The van der Waals surface area contributed by atoms with Crippen molar-refractivity contribution in [2.24, 2.45) is 0 Å². The van der Waals surface area contributed by atoms with E-state index in [1.165, 1.54) is 6.33 Å². The molecule has 0 spiro atoms. The van der Waals surface area contributed by atoms with Gasteiger partial charge in [-0.15, -0.1) is 0 Å². The standard InChI is InChI=1S/C9H14N4O/c1-7(9(14)13(2)3)12-8-4-5-10-6-11-8/h4-7H,1-3H3,(H,10,11,12). The van der Waals surface area contributed by atoms with Crippen LogP contribution in [0.2, 0.25) is 0 Å². The topological polar surface area (TPSA) is 58.1 Å². The van der Waals surface area contributed by atoms with Crippen molar-refractivity contribution >= 4 is 11.7 Å². The second-order valence-corrected chi connectivity index (χ2v) is 3.19. The predicted octanol–water partition coefficient (Wildman–Crippen LogP) is 0.365. The Kier molecular flexibility index (Phi) is 3.39. The zero-order valence-corrected chi connectivity index (χ0v) is 8.56. The number of hydrogen-bond donors (Lipinski definition) is 1. The molecule has 1 atom stereocenters. The lowest BCUT2D eigenvalue weighted by Crippen LogP contribution is -2.36. The summed E-state index contributed by atoms with van der Waals surface area (Å²) in [5.41, 5.74) is 0. The van der Waals surface area contributed by atoms with Crippen LogP contribution < -0.4 is 5.32 Å². The van der Waals surface area contributed by atoms with Gasteiger partial charge in [0.05, 0.1) is 0 Å². The molecule has 1 aromatic heterocycles. The third-order valence-corrected chi connectivity index (χ3v) is 1.76. The van der Waals surface area contributed by atoms with Gasteiger partial charge in [0, 0.05) is 20.3 Å². The number of hydrogen-bond acceptors (Lipinski definition) is 4. The highest BCUT2D eigenvalue weighted by molar-refractivity contribution is 5.83. The van der Waals surface area contributed by atoms with Crippen LogP contribution in [0.3, 0.4) is 0 Å². The van der Waals surface area contributed by atoms with Gasteiger partial charge in [0.2, 0.25) is 5.91 Å². The first kappa shape index (κ1) is 10.4. The maximum absolute atomic E-state index is 11.5. The van der Waals surface area contributed by atoms with Gasteiger partial charge in [-0.2, -0.15) is 0 Å². The summed E-state index contributed by atoms with van der Waals surface area (Å²) in [6, 6.07) is 1.44. The SMILES string of the molecule is CC(Nc1ccncn1)C(=O)N(C)C. The summed E-state index contributed by atoms with van der Waals surface area (Å²) in [5, 5.41) is 2.98. The molecule has 1 heterocycles. The molecule has 0 fully saturated rings. The minimum absolute atomic E-state index is 0.0172. The first-order valence-corrected chi connectivity index (χ1v) is 4.35. The smallest absolute Gasteiger partial charge is 0.244 e. The van der Waals surface area contributed by atoms with E-state index in [2.05, 4.69) is 15.3 Å². The Morgan fingerprint density at radius 1 is 1.57 bits per heavy atom. The fourth-order valence-electron chi connectivity index (χ4n) is 1.05. The number of rotatable bonds is 3. The molecule has 14 heavy (non-hydrogen) atoms. The van der Waals surface area contributed by atoms with Gasteiger partial charge in [-0.1, -0.05) is 0 Å². The zero-order chi connectivity index (χ0) is 10.6. The fourth-order valence-corrected chi connectivity index (χ4v) is 1.05. The largest absolute Gasteiger partial charge is 0.359 e. The highest BCUT2D eigenvalue weighted by Crippen LogP contribution is 2.02. The molecule has 0 radical (unpaired) electrons. The Morgan fingerprint density at radius 2 is 2.29 bits per heavy atom. The van der Waals surface area contributed by atoms with Crippen molar-refractivity contribution in [1.82, 2.24) is 14.9 Å². The summed E-state index contributed by atoms with van der Waals surface area (Å²) < 4.78 is 0. The number of nitrogens with one attached hydrogen (secondary N) is 1. The van der Waals surface area contributed by atoms with Crippen molar-refractivity contribution in [1.29, 1.82) is 0 Å². The van der Waals surface area contributed by atoms with Gasteiger partial charge in [-0.25, -0.2) is 9.97 Å². The van der Waals surface area contributed by atoms with E-state index in [9.17, 15) is 4.79 Å². The Balaban J connectivity index is 2.57. The van der Waals surface area contributed by atoms with Crippen LogP contribution in [0, 0.1) is 0 Å². The number of nitrogens with zero attached hydrogens (tertiary/aromatic N) is 3. The molecular formula is C9H14N4O. The average molecular weight is 194 g/mol. The van der Waals surface area contributed by atoms with Gasteiger partial charge in [-0.3, -0.25) is 4.79 Å². The Bertz CT molecular complexity index is 299. The summed E-state index contributed by atoms with van der Waals surface area (Å²) in [4.78, 5) is 20.8. The molecule has 0 bridgehead atoms. The molecule has 0 saturated heterocycles. The Hall–Kier alpha value is -1.65. The molecular weight excluding hydrogens is 180 g/mol. The summed E-state index contributed by atoms with van der Waals surface area (Å²) in [6.07, 6.45) is 3.07. The molecule has 5 heteroatoms. The number of carbonyl (C=O) groups excluding carboxylic acids is 1. The van der Waals surface area contributed by atoms with Crippen LogP contribution in [0.5, 0.6) is 0 Å². The van der Waals surface area contributed by atoms with Crippen molar-refractivity contribution in [3.8, 4) is 0 Å². The second kappa shape index (κ2) is 4.55. The number of anilines is 1. The van der Waals surface area contributed by atoms with Crippen LogP contribution in [0.4, 0.5) is 5.82 Å². The molecule has 1 unspecified atom stereocenters. The molecule has 0 aromatic carbocycles. The second-order valence-electron chi connectivity index (χ2n) is 3.19. The van der Waals surface area contributed by atoms with Gasteiger partial charge in [0.15, 0.2) is 0 Å². The fraction of sp³-hybridized carbons (Fsp3) is 0.444. The molecule has 5 nitrogen and oxygen atoms in total. The van der Waals surface area contributed by atoms with Crippen molar-refractivity contribution < 1.29 is 4.79 Å². The summed E-state index contributed by atoms with van der Waals surface area (Å²) >= 11 is 0. The molecule has 1 N–H and O–H groups in total. The van der Waals surface area contributed by atoms with E-state index in [0.29, 0.717) is 5.82 Å². The molecule has 1 amide bonds. The summed E-state index contributed by atoms with van der Waals surface area (Å²) in [7, 11) is 3.45. The minimum Gasteiger partial charge on any atom is -0.359 e. The molecule has 0 saturated carbocycles. The number of aromatic nitrogens is 2. The Morgan fingerprint density at radius 3 is 2.79 bits per heavy atom. The molecule has 1 rings (SSSR count). The third-order valence-electron chi connectivity index (χ3n) is 1.76. The van der Waals surface area contributed by atoms with Gasteiger partial charge in [0.1, 0.15) is 18.2 Å². The first-order chi connectivity index (χ1) is 6.61. The van der Waals surface area contributed by atoms with Crippen LogP contribution in [0.1, 0.15) is 6.92 Å². The van der Waals surface area contributed by atoms with E-state index in [0.717, 1.165) is 0 Å². The quantitative estimate of drug-likeness (QED) is 0.755. The van der Waals surface area contributed by atoms with Crippen molar-refractivity contribution in [3.05, 3.63) is 18.6 Å². The van der Waals surface area contributed by atoms with Crippen LogP contribution in [-0.2, 0) is 4.79 Å². The first-order valence-electron chi connectivity index (χ1n) is 4.35. The van der Waals surface area contributed by atoms with Crippen molar-refractivity contribution in [2.45, 2.75) is 13.0 Å². The average Bonchev–Trinajstić information content (AvgIpc) is 2.18. The Labute approximate surface area is 83.2 Å². The van der Waals surface area contributed by atoms with Crippen LogP contribution in [0.15, 0.2) is 18.6 Å². The van der Waals surface area contributed by atoms with Gasteiger partial charge in [-0.05, 0) is 13.0 Å². The van der Waals surface area contributed by atoms with Gasteiger partial charge >= 0.3 is 0 Å². The van der Waals surface area contributed by atoms with E-state index < -0.39 is 0 Å². The lowest BCUT2D eigenvalue weighted by atomic mass is 10.3. The van der Waals surface area contributed by atoms with Crippen molar-refractivity contribution in [2.75, 3.05) is 19.4 Å². The van der Waals surface area contributed by atoms with Crippen LogP contribution >= 0.6 is 0 Å². The molecule has 1 aromatic rings. The van der Waals surface area contributed by atoms with E-state index >= 15 is 0 Å². The molecule has 0 aliphatic heterocycles.